The van der Waals surface area contributed by atoms with Crippen molar-refractivity contribution in [2.75, 3.05) is 20.8 Å². The summed E-state index contributed by atoms with van der Waals surface area (Å²) in [7, 11) is 3.01. The van der Waals surface area contributed by atoms with Gasteiger partial charge in [0, 0.05) is 12.6 Å². The smallest absolute Gasteiger partial charge is 0.335 e. The molecular formula is C19H19NO6. The summed E-state index contributed by atoms with van der Waals surface area (Å²) >= 11 is 0. The number of carbonyl (C=O) groups is 2. The molecule has 0 saturated heterocycles. The molecule has 0 bridgehead atoms. The van der Waals surface area contributed by atoms with Crippen molar-refractivity contribution < 1.29 is 29.3 Å². The van der Waals surface area contributed by atoms with Gasteiger partial charge >= 0.3 is 5.97 Å². The van der Waals surface area contributed by atoms with Gasteiger partial charge in [-0.05, 0) is 29.8 Å². The van der Waals surface area contributed by atoms with Crippen LogP contribution in [0.15, 0.2) is 36.4 Å². The Bertz CT molecular complexity index is 863. The molecule has 2 atom stereocenters. The second kappa shape index (κ2) is 7.05. The lowest BCUT2D eigenvalue weighted by Gasteiger charge is -2.18. The predicted octanol–water partition coefficient (Wildman–Crippen LogP) is 1.64. The number of hydrogen-bond acceptors (Lipinski definition) is 5. The topological polar surface area (TPSA) is 105 Å². The van der Waals surface area contributed by atoms with Crippen LogP contribution in [0.2, 0.25) is 0 Å². The Kier molecular flexibility index (Phi) is 4.81. The summed E-state index contributed by atoms with van der Waals surface area (Å²) in [6.07, 6.45) is -0.635. The second-order valence-electron chi connectivity index (χ2n) is 5.92. The molecule has 1 aliphatic heterocycles. The van der Waals surface area contributed by atoms with Gasteiger partial charge in [0.05, 0.1) is 30.8 Å². The van der Waals surface area contributed by atoms with Crippen LogP contribution in [-0.4, -0.2) is 49.0 Å². The van der Waals surface area contributed by atoms with Crippen LogP contribution in [0.5, 0.6) is 11.5 Å². The molecule has 2 aromatic carbocycles. The largest absolute Gasteiger partial charge is 0.497 e. The number of aliphatic hydroxyl groups excluding tert-OH is 1. The quantitative estimate of drug-likeness (QED) is 0.751. The first-order valence-corrected chi connectivity index (χ1v) is 8.05. The zero-order valence-electron chi connectivity index (χ0n) is 14.4. The Morgan fingerprint density at radius 2 is 2.04 bits per heavy atom. The fraction of sp³-hybridized carbons (Fsp3) is 0.263. The third kappa shape index (κ3) is 2.97. The molecule has 1 aliphatic rings. The molecule has 3 N–H and O–H groups in total. The highest BCUT2D eigenvalue weighted by Gasteiger charge is 2.38. The first-order chi connectivity index (χ1) is 12.5. The van der Waals surface area contributed by atoms with Crippen molar-refractivity contribution in [1.82, 2.24) is 5.32 Å². The normalized spacial score (nSPS) is 18.0. The van der Waals surface area contributed by atoms with Crippen molar-refractivity contribution in [1.29, 1.82) is 0 Å². The number of benzene rings is 2. The molecule has 26 heavy (non-hydrogen) atoms. The van der Waals surface area contributed by atoms with Crippen molar-refractivity contribution in [3.8, 4) is 11.5 Å². The van der Waals surface area contributed by atoms with E-state index in [2.05, 4.69) is 5.32 Å². The summed E-state index contributed by atoms with van der Waals surface area (Å²) < 4.78 is 11.1. The van der Waals surface area contributed by atoms with Crippen LogP contribution < -0.4 is 14.8 Å². The van der Waals surface area contributed by atoms with Gasteiger partial charge in [-0.2, -0.15) is 0 Å². The van der Waals surface area contributed by atoms with E-state index in [-0.39, 0.29) is 17.7 Å². The summed E-state index contributed by atoms with van der Waals surface area (Å²) in [5.74, 6) is -1.09. The average molecular weight is 357 g/mol. The third-order valence-corrected chi connectivity index (χ3v) is 4.45. The van der Waals surface area contributed by atoms with Gasteiger partial charge in [-0.3, -0.25) is 4.79 Å². The first-order valence-electron chi connectivity index (χ1n) is 8.05. The number of fused-ring (bicyclic) bond motifs is 1. The molecule has 7 heteroatoms. The van der Waals surface area contributed by atoms with Crippen molar-refractivity contribution in [3.05, 3.63) is 58.7 Å². The number of carboxylic acids is 1. The van der Waals surface area contributed by atoms with E-state index >= 15 is 0 Å². The maximum atomic E-state index is 12.2. The molecule has 1 heterocycles. The lowest BCUT2D eigenvalue weighted by Crippen LogP contribution is -2.24. The van der Waals surface area contributed by atoms with Gasteiger partial charge < -0.3 is 25.0 Å². The summed E-state index contributed by atoms with van der Waals surface area (Å²) in [5, 5.41) is 21.7. The minimum atomic E-state index is -1.14. The van der Waals surface area contributed by atoms with Crippen molar-refractivity contribution in [3.63, 3.8) is 0 Å². The lowest BCUT2D eigenvalue weighted by atomic mass is 9.86. The number of aliphatic hydroxyl groups is 1. The van der Waals surface area contributed by atoms with Gasteiger partial charge in [0.15, 0.2) is 0 Å². The SMILES string of the molecule is CNC(=O)c1cc(C(=O)O)cc2c1O[C@@H](CO)[C@@H]2c1cccc(OC)c1. The number of carbonyl (C=O) groups excluding carboxylic acids is 1. The van der Waals surface area contributed by atoms with Crippen LogP contribution in [-0.2, 0) is 0 Å². The van der Waals surface area contributed by atoms with Gasteiger partial charge in [0.25, 0.3) is 5.91 Å². The Labute approximate surface area is 150 Å². The van der Waals surface area contributed by atoms with Crippen LogP contribution in [0.1, 0.15) is 37.8 Å². The number of nitrogens with one attached hydrogen (secondary N) is 1. The van der Waals surface area contributed by atoms with Crippen LogP contribution in [0, 0.1) is 0 Å². The Morgan fingerprint density at radius 3 is 2.65 bits per heavy atom. The van der Waals surface area contributed by atoms with E-state index in [1.165, 1.54) is 19.2 Å². The van der Waals surface area contributed by atoms with Gasteiger partial charge in [-0.1, -0.05) is 12.1 Å². The Morgan fingerprint density at radius 1 is 1.27 bits per heavy atom. The van der Waals surface area contributed by atoms with Crippen molar-refractivity contribution in [2.24, 2.45) is 0 Å². The fourth-order valence-electron chi connectivity index (χ4n) is 3.23. The molecular weight excluding hydrogens is 338 g/mol. The van der Waals surface area contributed by atoms with Crippen LogP contribution in [0.3, 0.4) is 0 Å². The fourth-order valence-corrected chi connectivity index (χ4v) is 3.23. The molecule has 0 aliphatic carbocycles. The van der Waals surface area contributed by atoms with Gasteiger partial charge in [-0.25, -0.2) is 4.79 Å². The average Bonchev–Trinajstić information content (AvgIpc) is 3.05. The molecule has 0 aromatic heterocycles. The van der Waals surface area contributed by atoms with Crippen molar-refractivity contribution >= 4 is 11.9 Å². The minimum Gasteiger partial charge on any atom is -0.497 e. The number of carboxylic acid groups (broad SMARTS) is 1. The molecule has 0 fully saturated rings. The van der Waals surface area contributed by atoms with E-state index in [9.17, 15) is 19.8 Å². The summed E-state index contributed by atoms with van der Waals surface area (Å²) in [5.41, 5.74) is 1.46. The monoisotopic (exact) mass is 357 g/mol. The zero-order chi connectivity index (χ0) is 18.8. The predicted molar refractivity (Wildman–Crippen MR) is 93.1 cm³/mol. The Hall–Kier alpha value is -3.06. The highest BCUT2D eigenvalue weighted by Crippen LogP contribution is 2.45. The number of aromatic carboxylic acids is 1. The minimum absolute atomic E-state index is 0.0163. The van der Waals surface area contributed by atoms with Crippen LogP contribution in [0.4, 0.5) is 0 Å². The van der Waals surface area contributed by atoms with E-state index < -0.39 is 23.9 Å². The van der Waals surface area contributed by atoms with E-state index in [0.29, 0.717) is 17.1 Å². The highest BCUT2D eigenvalue weighted by atomic mass is 16.5. The maximum Gasteiger partial charge on any atom is 0.335 e. The summed E-state index contributed by atoms with van der Waals surface area (Å²) in [6, 6.07) is 10.0. The molecule has 0 unspecified atom stereocenters. The number of amides is 1. The van der Waals surface area contributed by atoms with Gasteiger partial charge in [0.1, 0.15) is 17.6 Å². The van der Waals surface area contributed by atoms with Gasteiger partial charge in [-0.15, -0.1) is 0 Å². The molecule has 136 valence electrons. The number of methoxy groups -OCH3 is 1. The maximum absolute atomic E-state index is 12.2. The van der Waals surface area contributed by atoms with Crippen LogP contribution in [0.25, 0.3) is 0 Å². The van der Waals surface area contributed by atoms with E-state index in [1.807, 2.05) is 6.07 Å². The zero-order valence-corrected chi connectivity index (χ0v) is 14.4. The second-order valence-corrected chi connectivity index (χ2v) is 5.92. The molecule has 1 amide bonds. The lowest BCUT2D eigenvalue weighted by molar-refractivity contribution is 0.0696. The van der Waals surface area contributed by atoms with E-state index in [4.69, 9.17) is 9.47 Å². The summed E-state index contributed by atoms with van der Waals surface area (Å²) in [6.45, 7) is -0.286. The molecule has 0 saturated carbocycles. The number of ether oxygens (including phenoxy) is 2. The molecule has 7 nitrogen and oxygen atoms in total. The first kappa shape index (κ1) is 17.8. The molecule has 0 radical (unpaired) electrons. The van der Waals surface area contributed by atoms with Crippen LogP contribution >= 0.6 is 0 Å². The molecule has 2 aromatic rings. The van der Waals surface area contributed by atoms with Crippen molar-refractivity contribution in [2.45, 2.75) is 12.0 Å². The summed E-state index contributed by atoms with van der Waals surface area (Å²) in [4.78, 5) is 23.7. The standard InChI is InChI=1S/C19H19NO6/c1-20-18(22)14-8-11(19(23)24)7-13-16(15(9-21)26-17(13)14)10-4-3-5-12(6-10)25-2/h3-8,15-16,21H,9H2,1-2H3,(H,20,22)(H,23,24)/t15-,16+/m0/s1. The number of hydrogen-bond donors (Lipinski definition) is 3. The van der Waals surface area contributed by atoms with Gasteiger partial charge in [0.2, 0.25) is 0 Å². The number of rotatable bonds is 5. The van der Waals surface area contributed by atoms with E-state index in [0.717, 1.165) is 5.56 Å². The van der Waals surface area contributed by atoms with E-state index in [1.54, 1.807) is 25.3 Å². The molecule has 3 rings (SSSR count). The highest BCUT2D eigenvalue weighted by molar-refractivity contribution is 6.00. The third-order valence-electron chi connectivity index (χ3n) is 4.45. The molecule has 0 spiro atoms. The Balaban J connectivity index is 2.21.